The second kappa shape index (κ2) is 4.33. The van der Waals surface area contributed by atoms with Crippen LogP contribution in [0.2, 0.25) is 6.32 Å². The minimum Gasteiger partial charge on any atom is -0.449 e. The van der Waals surface area contributed by atoms with Crippen molar-refractivity contribution in [2.24, 2.45) is 0 Å². The largest absolute Gasteiger partial charge is 0.479 e. The summed E-state index contributed by atoms with van der Waals surface area (Å²) in [5.41, 5.74) is 0. The normalized spacial score (nSPS) is 26.3. The lowest BCUT2D eigenvalue weighted by Crippen LogP contribution is -2.49. The predicted molar refractivity (Wildman–Crippen MR) is 47.8 cm³/mol. The van der Waals surface area contributed by atoms with E-state index in [2.05, 4.69) is 5.32 Å². The monoisotopic (exact) mass is 195 g/mol. The molecule has 78 valence electrons. The van der Waals surface area contributed by atoms with E-state index in [0.717, 1.165) is 19.6 Å². The lowest BCUT2D eigenvalue weighted by atomic mass is 9.86. The number of piperazine rings is 1. The summed E-state index contributed by atoms with van der Waals surface area (Å²) in [5, 5.41) is 3.19. The van der Waals surface area contributed by atoms with Crippen LogP contribution in [0.1, 0.15) is 6.92 Å². The first-order valence-corrected chi connectivity index (χ1v) is 4.64. The lowest BCUT2D eigenvalue weighted by molar-refractivity contribution is 0.212. The molecule has 0 amide bonds. The first-order valence-electron chi connectivity index (χ1n) is 4.64. The van der Waals surface area contributed by atoms with Gasteiger partial charge in [0, 0.05) is 25.7 Å². The molecular formula is C7H15BF3N2-. The lowest BCUT2D eigenvalue weighted by Gasteiger charge is -2.33. The van der Waals surface area contributed by atoms with Crippen LogP contribution in [0.15, 0.2) is 0 Å². The molecule has 0 aliphatic carbocycles. The highest BCUT2D eigenvalue weighted by Gasteiger charge is 2.24. The second-order valence-corrected chi connectivity index (χ2v) is 3.65. The molecule has 2 nitrogen and oxygen atoms in total. The van der Waals surface area contributed by atoms with E-state index >= 15 is 0 Å². The molecule has 1 rings (SSSR count). The van der Waals surface area contributed by atoms with Gasteiger partial charge in [-0.3, -0.25) is 0 Å². The van der Waals surface area contributed by atoms with Gasteiger partial charge in [-0.2, -0.15) is 0 Å². The number of hydrogen-bond acceptors (Lipinski definition) is 2. The van der Waals surface area contributed by atoms with Gasteiger partial charge in [0.15, 0.2) is 0 Å². The summed E-state index contributed by atoms with van der Waals surface area (Å²) in [6, 6.07) is 0.314. The average molecular weight is 195 g/mol. The van der Waals surface area contributed by atoms with Crippen LogP contribution < -0.4 is 5.32 Å². The highest BCUT2D eigenvalue weighted by Crippen LogP contribution is 2.15. The highest BCUT2D eigenvalue weighted by molar-refractivity contribution is 6.58. The molecule has 0 aromatic heterocycles. The van der Waals surface area contributed by atoms with E-state index in [0.29, 0.717) is 6.04 Å². The average Bonchev–Trinajstić information content (AvgIpc) is 2.00. The van der Waals surface area contributed by atoms with Crippen molar-refractivity contribution in [3.05, 3.63) is 0 Å². The van der Waals surface area contributed by atoms with Crippen molar-refractivity contribution < 1.29 is 12.9 Å². The Balaban J connectivity index is 2.21. The zero-order chi connectivity index (χ0) is 9.90. The van der Waals surface area contributed by atoms with E-state index in [1.807, 2.05) is 11.8 Å². The molecule has 1 fully saturated rings. The van der Waals surface area contributed by atoms with Gasteiger partial charge in [0.25, 0.3) is 0 Å². The summed E-state index contributed by atoms with van der Waals surface area (Å²) in [4.78, 5) is 1.87. The standard InChI is InChI=1S/C7H15BF3N2/c1-7-6-13(5-3-12-7)4-2-8(9,10)11/h7,12H,2-6H2,1H3/q-1/t7-/m1/s1. The summed E-state index contributed by atoms with van der Waals surface area (Å²) in [5.74, 6) is 0. The van der Waals surface area contributed by atoms with Gasteiger partial charge in [-0.1, -0.05) is 6.32 Å². The van der Waals surface area contributed by atoms with Crippen LogP contribution in [0.5, 0.6) is 0 Å². The smallest absolute Gasteiger partial charge is 0.449 e. The van der Waals surface area contributed by atoms with Gasteiger partial charge in [-0.15, -0.1) is 0 Å². The Morgan fingerprint density at radius 2 is 2.15 bits per heavy atom. The predicted octanol–water partition coefficient (Wildman–Crippen LogP) is 1.13. The molecule has 1 aliphatic rings. The summed E-state index contributed by atoms with van der Waals surface area (Å²) in [7, 11) is 0. The third-order valence-corrected chi connectivity index (χ3v) is 2.23. The van der Waals surface area contributed by atoms with Gasteiger partial charge >= 0.3 is 6.98 Å². The molecule has 1 saturated heterocycles. The number of nitrogens with one attached hydrogen (secondary N) is 1. The minimum absolute atomic E-state index is 0.162. The second-order valence-electron chi connectivity index (χ2n) is 3.65. The van der Waals surface area contributed by atoms with Crippen LogP contribution in [-0.4, -0.2) is 44.1 Å². The summed E-state index contributed by atoms with van der Waals surface area (Å²) in [6.45, 7) is -0.195. The van der Waals surface area contributed by atoms with Gasteiger partial charge in [-0.25, -0.2) is 0 Å². The van der Waals surface area contributed by atoms with Crippen molar-refractivity contribution in [3.8, 4) is 0 Å². The zero-order valence-electron chi connectivity index (χ0n) is 7.77. The van der Waals surface area contributed by atoms with E-state index in [4.69, 9.17) is 0 Å². The Labute approximate surface area is 76.5 Å². The molecule has 1 atom stereocenters. The molecule has 13 heavy (non-hydrogen) atoms. The van der Waals surface area contributed by atoms with Gasteiger partial charge in [0.2, 0.25) is 0 Å². The zero-order valence-corrected chi connectivity index (χ0v) is 7.77. The Morgan fingerprint density at radius 3 is 2.69 bits per heavy atom. The summed E-state index contributed by atoms with van der Waals surface area (Å²) < 4.78 is 35.8. The molecule has 0 unspecified atom stereocenters. The molecule has 0 radical (unpaired) electrons. The first-order chi connectivity index (χ1) is 5.97. The van der Waals surface area contributed by atoms with Gasteiger partial charge < -0.3 is 23.2 Å². The fraction of sp³-hybridized carbons (Fsp3) is 1.00. The molecule has 0 bridgehead atoms. The Bertz CT molecular complexity index is 162. The molecule has 0 aromatic carbocycles. The maximum atomic E-state index is 11.9. The molecule has 0 saturated carbocycles. The topological polar surface area (TPSA) is 15.3 Å². The maximum absolute atomic E-state index is 11.9. The molecule has 0 spiro atoms. The van der Waals surface area contributed by atoms with Crippen LogP contribution in [0.3, 0.4) is 0 Å². The van der Waals surface area contributed by atoms with Crippen LogP contribution >= 0.6 is 0 Å². The Morgan fingerprint density at radius 1 is 1.46 bits per heavy atom. The number of nitrogens with zero attached hydrogens (tertiary/aromatic N) is 1. The first kappa shape index (κ1) is 10.9. The Hall–Kier alpha value is -0.225. The summed E-state index contributed by atoms with van der Waals surface area (Å²) in [6.07, 6.45) is -0.632. The maximum Gasteiger partial charge on any atom is 0.479 e. The molecule has 6 heteroatoms. The van der Waals surface area contributed by atoms with E-state index < -0.39 is 13.3 Å². The number of halogens is 3. The quantitative estimate of drug-likeness (QED) is 0.679. The van der Waals surface area contributed by atoms with Crippen LogP contribution in [0.25, 0.3) is 0 Å². The van der Waals surface area contributed by atoms with Gasteiger partial charge in [-0.05, 0) is 13.5 Å². The van der Waals surface area contributed by atoms with Gasteiger partial charge in [0.1, 0.15) is 0 Å². The van der Waals surface area contributed by atoms with E-state index in [1.54, 1.807) is 0 Å². The van der Waals surface area contributed by atoms with Crippen LogP contribution in [0.4, 0.5) is 12.9 Å². The van der Waals surface area contributed by atoms with Crippen LogP contribution in [-0.2, 0) is 0 Å². The fourth-order valence-electron chi connectivity index (χ4n) is 1.54. The highest BCUT2D eigenvalue weighted by atomic mass is 19.4. The Kier molecular flexibility index (Phi) is 3.61. The number of rotatable bonds is 3. The van der Waals surface area contributed by atoms with E-state index in [9.17, 15) is 12.9 Å². The SMILES string of the molecule is C[C@@H]1CN(CC[B-](F)(F)F)CCN1. The molecular weight excluding hydrogens is 180 g/mol. The third-order valence-electron chi connectivity index (χ3n) is 2.23. The third kappa shape index (κ3) is 4.52. The molecule has 0 aromatic rings. The van der Waals surface area contributed by atoms with Crippen molar-refractivity contribution in [2.75, 3.05) is 26.2 Å². The number of hydrogen-bond donors (Lipinski definition) is 1. The minimum atomic E-state index is -4.61. The van der Waals surface area contributed by atoms with Crippen molar-refractivity contribution in [2.45, 2.75) is 19.3 Å². The van der Waals surface area contributed by atoms with Crippen LogP contribution in [0, 0.1) is 0 Å². The fourth-order valence-corrected chi connectivity index (χ4v) is 1.54. The summed E-state index contributed by atoms with van der Waals surface area (Å²) >= 11 is 0. The molecule has 1 aliphatic heterocycles. The van der Waals surface area contributed by atoms with E-state index in [1.165, 1.54) is 0 Å². The molecule has 1 heterocycles. The molecule has 1 N–H and O–H groups in total. The van der Waals surface area contributed by atoms with E-state index in [-0.39, 0.29) is 6.54 Å². The van der Waals surface area contributed by atoms with Crippen molar-refractivity contribution in [1.29, 1.82) is 0 Å². The van der Waals surface area contributed by atoms with Gasteiger partial charge in [0.05, 0.1) is 0 Å². The van der Waals surface area contributed by atoms with Crippen molar-refractivity contribution in [3.63, 3.8) is 0 Å². The van der Waals surface area contributed by atoms with Crippen molar-refractivity contribution in [1.82, 2.24) is 10.2 Å². The van der Waals surface area contributed by atoms with Crippen molar-refractivity contribution >= 4 is 6.98 Å².